The molecular formula is C12H15NO3. The number of carbonyl (C=O) groups is 1. The molecule has 0 aliphatic carbocycles. The molecule has 0 bridgehead atoms. The number of hydrogen-bond donors (Lipinski definition) is 2. The average molecular weight is 221 g/mol. The third kappa shape index (κ3) is 2.23. The molecule has 0 spiro atoms. The van der Waals surface area contributed by atoms with Crippen LogP contribution in [0.1, 0.15) is 12.0 Å². The van der Waals surface area contributed by atoms with Crippen LogP contribution in [0.4, 0.5) is 0 Å². The summed E-state index contributed by atoms with van der Waals surface area (Å²) in [5.41, 5.74) is 0.570. The minimum atomic E-state index is -0.929. The van der Waals surface area contributed by atoms with E-state index in [-0.39, 0.29) is 6.61 Å². The molecule has 1 aliphatic heterocycles. The Morgan fingerprint density at radius 1 is 1.44 bits per heavy atom. The molecule has 16 heavy (non-hydrogen) atoms. The first kappa shape index (κ1) is 11.1. The first-order valence-corrected chi connectivity index (χ1v) is 5.35. The number of nitrogens with one attached hydrogen (secondary N) is 1. The van der Waals surface area contributed by atoms with Crippen molar-refractivity contribution in [2.45, 2.75) is 12.0 Å². The van der Waals surface area contributed by atoms with E-state index < -0.39 is 11.6 Å². The highest BCUT2D eigenvalue weighted by molar-refractivity contribution is 5.68. The van der Waals surface area contributed by atoms with Crippen molar-refractivity contribution in [3.05, 3.63) is 35.9 Å². The van der Waals surface area contributed by atoms with Gasteiger partial charge in [-0.3, -0.25) is 0 Å². The van der Waals surface area contributed by atoms with Crippen molar-refractivity contribution in [3.63, 3.8) is 0 Å². The van der Waals surface area contributed by atoms with Gasteiger partial charge in [0.05, 0.1) is 0 Å². The standard InChI is InChI=1S/C12H15NO3/c14-11(15)8-16-12(6-7-13-9-12)10-4-2-1-3-5-10/h1-5,13H,6-9H2,(H,14,15). The van der Waals surface area contributed by atoms with Gasteiger partial charge in [-0.15, -0.1) is 0 Å². The van der Waals surface area contributed by atoms with E-state index in [0.717, 1.165) is 18.5 Å². The molecule has 86 valence electrons. The molecule has 1 heterocycles. The van der Waals surface area contributed by atoms with Gasteiger partial charge in [0, 0.05) is 6.54 Å². The van der Waals surface area contributed by atoms with Crippen LogP contribution in [0.2, 0.25) is 0 Å². The summed E-state index contributed by atoms with van der Waals surface area (Å²) in [6.45, 7) is 1.27. The Labute approximate surface area is 94.2 Å². The minimum Gasteiger partial charge on any atom is -0.480 e. The van der Waals surface area contributed by atoms with Gasteiger partial charge in [-0.05, 0) is 18.5 Å². The van der Waals surface area contributed by atoms with Crippen molar-refractivity contribution in [2.75, 3.05) is 19.7 Å². The second kappa shape index (κ2) is 4.63. The maximum absolute atomic E-state index is 10.6. The topological polar surface area (TPSA) is 58.6 Å². The molecule has 2 rings (SSSR count). The van der Waals surface area contributed by atoms with Crippen molar-refractivity contribution >= 4 is 5.97 Å². The maximum Gasteiger partial charge on any atom is 0.329 e. The molecule has 0 amide bonds. The van der Waals surface area contributed by atoms with E-state index in [1.54, 1.807) is 0 Å². The lowest BCUT2D eigenvalue weighted by Crippen LogP contribution is -2.34. The molecular weight excluding hydrogens is 206 g/mol. The number of rotatable bonds is 4. The minimum absolute atomic E-state index is 0.253. The van der Waals surface area contributed by atoms with Crippen LogP contribution in [-0.2, 0) is 15.1 Å². The van der Waals surface area contributed by atoms with Gasteiger partial charge in [0.1, 0.15) is 12.2 Å². The van der Waals surface area contributed by atoms with Crippen LogP contribution < -0.4 is 5.32 Å². The van der Waals surface area contributed by atoms with E-state index in [4.69, 9.17) is 9.84 Å². The van der Waals surface area contributed by atoms with Crippen molar-refractivity contribution < 1.29 is 14.6 Å². The molecule has 1 atom stereocenters. The Hall–Kier alpha value is -1.39. The van der Waals surface area contributed by atoms with Crippen molar-refractivity contribution in [2.24, 2.45) is 0 Å². The van der Waals surface area contributed by atoms with Crippen molar-refractivity contribution in [1.29, 1.82) is 0 Å². The first-order valence-electron chi connectivity index (χ1n) is 5.35. The molecule has 1 unspecified atom stereocenters. The van der Waals surface area contributed by atoms with Gasteiger partial charge >= 0.3 is 5.97 Å². The number of carboxylic acid groups (broad SMARTS) is 1. The number of hydrogen-bond acceptors (Lipinski definition) is 3. The molecule has 0 saturated carbocycles. The quantitative estimate of drug-likeness (QED) is 0.795. The lowest BCUT2D eigenvalue weighted by Gasteiger charge is -2.28. The fourth-order valence-corrected chi connectivity index (χ4v) is 2.06. The third-order valence-electron chi connectivity index (χ3n) is 2.89. The fraction of sp³-hybridized carbons (Fsp3) is 0.417. The number of ether oxygens (including phenoxy) is 1. The van der Waals surface area contributed by atoms with E-state index in [9.17, 15) is 4.79 Å². The second-order valence-electron chi connectivity index (χ2n) is 3.97. The van der Waals surface area contributed by atoms with Crippen LogP contribution in [0.15, 0.2) is 30.3 Å². The fourth-order valence-electron chi connectivity index (χ4n) is 2.06. The monoisotopic (exact) mass is 221 g/mol. The largest absolute Gasteiger partial charge is 0.480 e. The molecule has 2 N–H and O–H groups in total. The summed E-state index contributed by atoms with van der Waals surface area (Å²) in [7, 11) is 0. The summed E-state index contributed by atoms with van der Waals surface area (Å²) in [4.78, 5) is 10.6. The van der Waals surface area contributed by atoms with Gasteiger partial charge < -0.3 is 15.2 Å². The molecule has 1 aliphatic rings. The van der Waals surface area contributed by atoms with Crippen LogP contribution in [0.5, 0.6) is 0 Å². The normalized spacial score (nSPS) is 24.5. The summed E-state index contributed by atoms with van der Waals surface area (Å²) in [6, 6.07) is 9.79. The van der Waals surface area contributed by atoms with Crippen molar-refractivity contribution in [1.82, 2.24) is 5.32 Å². The van der Waals surface area contributed by atoms with Crippen LogP contribution in [-0.4, -0.2) is 30.8 Å². The second-order valence-corrected chi connectivity index (χ2v) is 3.97. The highest BCUT2D eigenvalue weighted by Gasteiger charge is 2.37. The number of benzene rings is 1. The predicted octanol–water partition coefficient (Wildman–Crippen LogP) is 0.976. The van der Waals surface area contributed by atoms with Crippen LogP contribution in [0, 0.1) is 0 Å². The lowest BCUT2D eigenvalue weighted by molar-refractivity contribution is -0.149. The summed E-state index contributed by atoms with van der Waals surface area (Å²) >= 11 is 0. The van der Waals surface area contributed by atoms with Gasteiger partial charge in [-0.2, -0.15) is 0 Å². The number of aliphatic carboxylic acids is 1. The molecule has 4 heteroatoms. The van der Waals surface area contributed by atoms with Gasteiger partial charge in [0.15, 0.2) is 0 Å². The Morgan fingerprint density at radius 2 is 2.19 bits per heavy atom. The molecule has 4 nitrogen and oxygen atoms in total. The molecule has 1 aromatic carbocycles. The summed E-state index contributed by atoms with van der Waals surface area (Å²) in [5.74, 6) is -0.929. The molecule has 1 saturated heterocycles. The highest BCUT2D eigenvalue weighted by Crippen LogP contribution is 2.31. The number of carboxylic acids is 1. The van der Waals surface area contributed by atoms with Crippen LogP contribution in [0.25, 0.3) is 0 Å². The SMILES string of the molecule is O=C(O)COC1(c2ccccc2)CCNC1. The summed E-state index contributed by atoms with van der Waals surface area (Å²) in [5, 5.41) is 11.9. The smallest absolute Gasteiger partial charge is 0.329 e. The van der Waals surface area contributed by atoms with Gasteiger partial charge in [0.2, 0.25) is 0 Å². The van der Waals surface area contributed by atoms with Crippen LogP contribution >= 0.6 is 0 Å². The average Bonchev–Trinajstić information content (AvgIpc) is 2.78. The Kier molecular flexibility index (Phi) is 3.22. The van der Waals surface area contributed by atoms with E-state index in [1.165, 1.54) is 0 Å². The molecule has 1 aromatic rings. The Bertz CT molecular complexity index is 358. The van der Waals surface area contributed by atoms with E-state index in [2.05, 4.69) is 5.32 Å². The Balaban J connectivity index is 2.19. The molecule has 1 fully saturated rings. The zero-order valence-corrected chi connectivity index (χ0v) is 8.98. The summed E-state index contributed by atoms with van der Waals surface area (Å²) in [6.07, 6.45) is 0.810. The van der Waals surface area contributed by atoms with Gasteiger partial charge in [-0.1, -0.05) is 30.3 Å². The van der Waals surface area contributed by atoms with Crippen LogP contribution in [0.3, 0.4) is 0 Å². The maximum atomic E-state index is 10.6. The van der Waals surface area contributed by atoms with Gasteiger partial charge in [0.25, 0.3) is 0 Å². The third-order valence-corrected chi connectivity index (χ3v) is 2.89. The lowest BCUT2D eigenvalue weighted by atomic mass is 9.93. The summed E-state index contributed by atoms with van der Waals surface area (Å²) < 4.78 is 5.58. The van der Waals surface area contributed by atoms with Gasteiger partial charge in [-0.25, -0.2) is 4.79 Å². The predicted molar refractivity (Wildman–Crippen MR) is 59.2 cm³/mol. The first-order chi connectivity index (χ1) is 7.73. The van der Waals surface area contributed by atoms with E-state index >= 15 is 0 Å². The highest BCUT2D eigenvalue weighted by atomic mass is 16.5. The van der Waals surface area contributed by atoms with Crippen molar-refractivity contribution in [3.8, 4) is 0 Å². The van der Waals surface area contributed by atoms with E-state index in [0.29, 0.717) is 6.54 Å². The Morgan fingerprint density at radius 3 is 2.75 bits per heavy atom. The van der Waals surface area contributed by atoms with E-state index in [1.807, 2.05) is 30.3 Å². The zero-order valence-electron chi connectivity index (χ0n) is 8.98. The zero-order chi connectivity index (χ0) is 11.4. The molecule has 0 radical (unpaired) electrons. The molecule has 0 aromatic heterocycles.